The smallest absolute Gasteiger partial charge is 0.344 e. The van der Waals surface area contributed by atoms with E-state index in [2.05, 4.69) is 13.2 Å². The number of rotatable bonds is 9. The second-order valence-corrected chi connectivity index (χ2v) is 15.9. The van der Waals surface area contributed by atoms with E-state index < -0.39 is 87.1 Å². The van der Waals surface area contributed by atoms with Crippen LogP contribution in [0.3, 0.4) is 0 Å². The Morgan fingerprint density at radius 1 is 0.667 bits per heavy atom. The van der Waals surface area contributed by atoms with Gasteiger partial charge in [-0.25, -0.2) is 14.4 Å². The molecular formula is C34H48O14. The minimum absolute atomic E-state index is 0.132. The molecule has 8 fully saturated rings. The van der Waals surface area contributed by atoms with E-state index in [1.807, 2.05) is 0 Å². The van der Waals surface area contributed by atoms with Gasteiger partial charge in [0.1, 0.15) is 17.8 Å². The van der Waals surface area contributed by atoms with Gasteiger partial charge in [0.15, 0.2) is 6.61 Å². The third-order valence-electron chi connectivity index (χ3n) is 11.6. The van der Waals surface area contributed by atoms with Crippen molar-refractivity contribution in [1.29, 1.82) is 0 Å². The van der Waals surface area contributed by atoms with E-state index in [0.29, 0.717) is 0 Å². The molecule has 8 saturated carbocycles. The molecule has 6 unspecified atom stereocenters. The normalized spacial score (nSPS) is 45.8. The molecule has 0 heterocycles. The average molecular weight is 681 g/mol. The van der Waals surface area contributed by atoms with Gasteiger partial charge in [0.25, 0.3) is 0 Å². The highest BCUT2D eigenvalue weighted by Crippen LogP contribution is 2.65. The van der Waals surface area contributed by atoms with Crippen LogP contribution in [0.2, 0.25) is 0 Å². The van der Waals surface area contributed by atoms with Gasteiger partial charge >= 0.3 is 23.9 Å². The summed E-state index contributed by atoms with van der Waals surface area (Å²) in [7, 11) is 0. The molecule has 0 amide bonds. The molecule has 14 heteroatoms. The van der Waals surface area contributed by atoms with Crippen LogP contribution in [0, 0.1) is 11.8 Å². The standard InChI is InChI=1S/2C17H24O7/c1-10(2)13(19)23-4-12(18)24-17-8-14(20)5-15(21,9-17)7-16(22,6-14)11(17)3;1-3-12(18)23-5-4-13(19)24-17-9-14(20)6-15(21,10-17)8-16(22,7-14)11(17)2/h11,20-22H,1,4-9H2,2-3H3;3,11,20-22H,1,4-10H2,2H3. The predicted molar refractivity (Wildman–Crippen MR) is 163 cm³/mol. The van der Waals surface area contributed by atoms with Crippen LogP contribution in [-0.4, -0.2) is 113 Å². The highest BCUT2D eigenvalue weighted by Gasteiger charge is 2.74. The van der Waals surface area contributed by atoms with E-state index in [0.717, 1.165) is 6.08 Å². The predicted octanol–water partition coefficient (Wildman–Crippen LogP) is 0.417. The Kier molecular flexibility index (Phi) is 8.79. The summed E-state index contributed by atoms with van der Waals surface area (Å²) in [4.78, 5) is 46.7. The van der Waals surface area contributed by atoms with Gasteiger partial charge in [-0.05, 0) is 6.92 Å². The lowest BCUT2D eigenvalue weighted by Gasteiger charge is -2.67. The summed E-state index contributed by atoms with van der Waals surface area (Å²) in [6.45, 7) is 11.0. The molecule has 8 aliphatic carbocycles. The second-order valence-electron chi connectivity index (χ2n) is 15.9. The monoisotopic (exact) mass is 680 g/mol. The number of ether oxygens (including phenoxy) is 4. The lowest BCUT2D eigenvalue weighted by Crippen LogP contribution is -2.76. The second kappa shape index (κ2) is 11.6. The van der Waals surface area contributed by atoms with Crippen LogP contribution in [-0.2, 0) is 38.1 Å². The molecule has 14 nitrogen and oxygen atoms in total. The fourth-order valence-corrected chi connectivity index (χ4v) is 10.3. The third-order valence-corrected chi connectivity index (χ3v) is 11.6. The van der Waals surface area contributed by atoms with Crippen molar-refractivity contribution in [2.75, 3.05) is 13.2 Å². The van der Waals surface area contributed by atoms with Crippen molar-refractivity contribution in [3.63, 3.8) is 0 Å². The van der Waals surface area contributed by atoms with E-state index >= 15 is 0 Å². The molecule has 0 aromatic carbocycles. The fourth-order valence-electron chi connectivity index (χ4n) is 10.3. The average Bonchev–Trinajstić information content (AvgIpc) is 2.90. The molecular weight excluding hydrogens is 632 g/mol. The number of hydrogen-bond donors (Lipinski definition) is 6. The summed E-state index contributed by atoms with van der Waals surface area (Å²) < 4.78 is 20.8. The highest BCUT2D eigenvalue weighted by atomic mass is 16.6. The Bertz CT molecular complexity index is 1360. The Morgan fingerprint density at radius 2 is 1.06 bits per heavy atom. The summed E-state index contributed by atoms with van der Waals surface area (Å²) in [6, 6.07) is 0. The number of aliphatic hydroxyl groups is 6. The largest absolute Gasteiger partial charge is 0.462 e. The molecule has 0 aromatic heterocycles. The maximum atomic E-state index is 12.2. The highest BCUT2D eigenvalue weighted by molar-refractivity contribution is 5.88. The van der Waals surface area contributed by atoms with Crippen LogP contribution in [0.5, 0.6) is 0 Å². The Balaban J connectivity index is 0.000000188. The first kappa shape index (κ1) is 36.4. The van der Waals surface area contributed by atoms with Gasteiger partial charge in [-0.2, -0.15) is 0 Å². The molecule has 8 aliphatic rings. The summed E-state index contributed by atoms with van der Waals surface area (Å²) in [5.41, 5.74) is -9.64. The SMILES string of the molecule is C=C(C)C(=O)OCC(=O)OC12CC3(O)CC(O)(CC(O)(C3)C1C)C2.C=CC(=O)OCCC(=O)OC12CC3(O)CC(O)(CC(O)(C3)C1C)C2. The van der Waals surface area contributed by atoms with Crippen molar-refractivity contribution in [3.05, 3.63) is 24.8 Å². The van der Waals surface area contributed by atoms with E-state index in [1.165, 1.54) is 6.92 Å². The van der Waals surface area contributed by atoms with Crippen LogP contribution < -0.4 is 0 Å². The number of esters is 4. The molecule has 48 heavy (non-hydrogen) atoms. The van der Waals surface area contributed by atoms with Crippen LogP contribution in [0.25, 0.3) is 0 Å². The molecule has 0 aliphatic heterocycles. The molecule has 8 rings (SSSR count). The quantitative estimate of drug-likeness (QED) is 0.110. The van der Waals surface area contributed by atoms with Gasteiger partial charge in [0, 0.05) is 87.7 Å². The Hall–Kier alpha value is -2.88. The molecule has 0 saturated heterocycles. The molecule has 268 valence electrons. The van der Waals surface area contributed by atoms with Crippen LogP contribution in [0.15, 0.2) is 24.8 Å². The Morgan fingerprint density at radius 3 is 1.44 bits per heavy atom. The zero-order valence-electron chi connectivity index (χ0n) is 27.8. The van der Waals surface area contributed by atoms with Crippen molar-refractivity contribution in [2.24, 2.45) is 11.8 Å². The van der Waals surface area contributed by atoms with Gasteiger partial charge in [0.2, 0.25) is 0 Å². The lowest BCUT2D eigenvalue weighted by atomic mass is 9.45. The van der Waals surface area contributed by atoms with E-state index in [4.69, 9.17) is 18.9 Å². The zero-order chi connectivity index (χ0) is 35.8. The Labute approximate surface area is 278 Å². The van der Waals surface area contributed by atoms with Crippen molar-refractivity contribution in [1.82, 2.24) is 0 Å². The molecule has 6 atom stereocenters. The van der Waals surface area contributed by atoms with Gasteiger partial charge in [-0.15, -0.1) is 0 Å². The molecule has 0 aromatic rings. The van der Waals surface area contributed by atoms with Crippen molar-refractivity contribution < 1.29 is 68.8 Å². The number of hydrogen-bond acceptors (Lipinski definition) is 14. The fraction of sp³-hybridized carbons (Fsp3) is 0.765. The van der Waals surface area contributed by atoms with Crippen molar-refractivity contribution in [2.45, 2.75) is 136 Å². The first-order chi connectivity index (χ1) is 21.9. The summed E-state index contributed by atoms with van der Waals surface area (Å²) in [6.07, 6.45) is 2.62. The maximum absolute atomic E-state index is 12.2. The third kappa shape index (κ3) is 6.54. The summed E-state index contributed by atoms with van der Waals surface area (Å²) in [5.74, 6) is -3.51. The van der Waals surface area contributed by atoms with Gasteiger partial charge < -0.3 is 49.6 Å². The summed E-state index contributed by atoms with van der Waals surface area (Å²) in [5, 5.41) is 64.6. The van der Waals surface area contributed by atoms with Gasteiger partial charge in [-0.3, -0.25) is 4.79 Å². The molecule has 0 radical (unpaired) electrons. The van der Waals surface area contributed by atoms with E-state index in [1.54, 1.807) is 13.8 Å². The van der Waals surface area contributed by atoms with E-state index in [9.17, 15) is 49.8 Å². The molecule has 0 spiro atoms. The lowest BCUT2D eigenvalue weighted by molar-refractivity contribution is -0.327. The first-order valence-corrected chi connectivity index (χ1v) is 16.3. The zero-order valence-corrected chi connectivity index (χ0v) is 27.8. The summed E-state index contributed by atoms with van der Waals surface area (Å²) >= 11 is 0. The number of carbonyl (C=O) groups excluding carboxylic acids is 4. The van der Waals surface area contributed by atoms with Gasteiger partial charge in [-0.1, -0.05) is 27.0 Å². The van der Waals surface area contributed by atoms with Crippen molar-refractivity contribution >= 4 is 23.9 Å². The van der Waals surface area contributed by atoms with Gasteiger partial charge in [0.05, 0.1) is 40.0 Å². The topological polar surface area (TPSA) is 227 Å². The number of carbonyl (C=O) groups is 4. The van der Waals surface area contributed by atoms with E-state index in [-0.39, 0.29) is 82.8 Å². The maximum Gasteiger partial charge on any atom is 0.344 e. The van der Waals surface area contributed by atoms with Crippen LogP contribution >= 0.6 is 0 Å². The van der Waals surface area contributed by atoms with Crippen LogP contribution in [0.4, 0.5) is 0 Å². The van der Waals surface area contributed by atoms with Crippen molar-refractivity contribution in [3.8, 4) is 0 Å². The van der Waals surface area contributed by atoms with Crippen LogP contribution in [0.1, 0.15) is 91.4 Å². The minimum Gasteiger partial charge on any atom is -0.462 e. The minimum atomic E-state index is -1.28. The molecule has 6 N–H and O–H groups in total. The first-order valence-electron chi connectivity index (χ1n) is 16.3. The molecule has 8 bridgehead atoms.